The number of aromatic nitrogens is 2. The minimum atomic E-state index is 0.768. The van der Waals surface area contributed by atoms with Crippen LogP contribution in [0.25, 0.3) is 10.8 Å². The second kappa shape index (κ2) is 5.97. The number of nitrogens with one attached hydrogen (secondary N) is 1. The lowest BCUT2D eigenvalue weighted by atomic mass is 10.1. The average molecular weight is 281 g/mol. The number of aryl methyl sites for hydroxylation is 1. The molecule has 2 aromatic carbocycles. The van der Waals surface area contributed by atoms with Gasteiger partial charge in [-0.3, -0.25) is 0 Å². The second-order valence-electron chi connectivity index (χ2n) is 5.11. The van der Waals surface area contributed by atoms with Crippen LogP contribution in [-0.4, -0.2) is 16.7 Å². The first-order chi connectivity index (χ1) is 10.3. The molecule has 1 N–H and O–H groups in total. The molecule has 0 amide bonds. The molecule has 3 rings (SSSR count). The second-order valence-corrected chi connectivity index (χ2v) is 5.11. The summed E-state index contributed by atoms with van der Waals surface area (Å²) in [6.07, 6.45) is 3.78. The molecule has 0 spiro atoms. The van der Waals surface area contributed by atoms with Crippen molar-refractivity contribution in [2.75, 3.05) is 7.11 Å². The van der Waals surface area contributed by atoms with Gasteiger partial charge in [-0.1, -0.05) is 18.2 Å². The molecule has 4 heteroatoms. The molecule has 4 nitrogen and oxygen atoms in total. The molecule has 0 bridgehead atoms. The molecule has 0 aliphatic heterocycles. The number of nitrogens with zero attached hydrogens (tertiary/aromatic N) is 2. The summed E-state index contributed by atoms with van der Waals surface area (Å²) in [4.78, 5) is 4.30. The average Bonchev–Trinajstić information content (AvgIpc) is 2.92. The van der Waals surface area contributed by atoms with Crippen molar-refractivity contribution in [1.29, 1.82) is 0 Å². The van der Waals surface area contributed by atoms with Gasteiger partial charge in [0.15, 0.2) is 0 Å². The Morgan fingerprint density at radius 1 is 1.10 bits per heavy atom. The van der Waals surface area contributed by atoms with Crippen LogP contribution in [0.2, 0.25) is 0 Å². The van der Waals surface area contributed by atoms with Gasteiger partial charge in [0.05, 0.1) is 13.7 Å². The van der Waals surface area contributed by atoms with Gasteiger partial charge in [0, 0.05) is 26.0 Å². The number of benzene rings is 2. The van der Waals surface area contributed by atoms with Crippen LogP contribution in [0.1, 0.15) is 11.4 Å². The molecular formula is C17H19N3O. The van der Waals surface area contributed by atoms with Crippen molar-refractivity contribution >= 4 is 10.8 Å². The van der Waals surface area contributed by atoms with E-state index in [0.29, 0.717) is 0 Å². The van der Waals surface area contributed by atoms with Crippen molar-refractivity contribution in [2.24, 2.45) is 7.05 Å². The van der Waals surface area contributed by atoms with Gasteiger partial charge in [0.2, 0.25) is 0 Å². The lowest BCUT2D eigenvalue weighted by Crippen LogP contribution is -2.15. The van der Waals surface area contributed by atoms with Crippen molar-refractivity contribution in [1.82, 2.24) is 14.9 Å². The standard InChI is InChI=1S/C17H19N3O/c1-20-8-7-19-17(20)12-18-11-13-3-4-15-10-16(21-2)6-5-14(15)9-13/h3-10,18H,11-12H2,1-2H3. The number of imidazole rings is 1. The van der Waals surface area contributed by atoms with Crippen LogP contribution >= 0.6 is 0 Å². The number of hydrogen-bond acceptors (Lipinski definition) is 3. The van der Waals surface area contributed by atoms with E-state index in [4.69, 9.17) is 4.74 Å². The molecule has 0 aliphatic carbocycles. The van der Waals surface area contributed by atoms with Crippen LogP contribution in [0.3, 0.4) is 0 Å². The highest BCUT2D eigenvalue weighted by molar-refractivity contribution is 5.84. The monoisotopic (exact) mass is 281 g/mol. The van der Waals surface area contributed by atoms with Gasteiger partial charge >= 0.3 is 0 Å². The van der Waals surface area contributed by atoms with Gasteiger partial charge in [0.1, 0.15) is 11.6 Å². The summed E-state index contributed by atoms with van der Waals surface area (Å²) >= 11 is 0. The summed E-state index contributed by atoms with van der Waals surface area (Å²) in [7, 11) is 3.70. The quantitative estimate of drug-likeness (QED) is 0.781. The number of rotatable bonds is 5. The normalized spacial score (nSPS) is 11.0. The summed E-state index contributed by atoms with van der Waals surface area (Å²) in [5.74, 6) is 1.93. The van der Waals surface area contributed by atoms with E-state index in [0.717, 1.165) is 24.7 Å². The SMILES string of the molecule is COc1ccc2cc(CNCc3nccn3C)ccc2c1. The molecule has 3 aromatic rings. The molecule has 0 aliphatic rings. The summed E-state index contributed by atoms with van der Waals surface area (Å²) in [6.45, 7) is 1.60. The van der Waals surface area contributed by atoms with Crippen LogP contribution < -0.4 is 10.1 Å². The van der Waals surface area contributed by atoms with Gasteiger partial charge in [-0.25, -0.2) is 4.98 Å². The van der Waals surface area contributed by atoms with Gasteiger partial charge < -0.3 is 14.6 Å². The Bertz CT molecular complexity index is 749. The first kappa shape index (κ1) is 13.6. The van der Waals surface area contributed by atoms with Crippen LogP contribution in [0, 0.1) is 0 Å². The van der Waals surface area contributed by atoms with Gasteiger partial charge in [-0.15, -0.1) is 0 Å². The fourth-order valence-corrected chi connectivity index (χ4v) is 2.40. The van der Waals surface area contributed by atoms with Crippen molar-refractivity contribution in [3.63, 3.8) is 0 Å². The van der Waals surface area contributed by atoms with E-state index in [1.54, 1.807) is 7.11 Å². The van der Waals surface area contributed by atoms with E-state index in [2.05, 4.69) is 40.6 Å². The molecule has 21 heavy (non-hydrogen) atoms. The summed E-state index contributed by atoms with van der Waals surface area (Å²) in [6, 6.07) is 12.6. The Morgan fingerprint density at radius 2 is 1.90 bits per heavy atom. The number of hydrogen-bond donors (Lipinski definition) is 1. The zero-order valence-electron chi connectivity index (χ0n) is 12.3. The Morgan fingerprint density at radius 3 is 2.67 bits per heavy atom. The lowest BCUT2D eigenvalue weighted by Gasteiger charge is -2.07. The first-order valence-corrected chi connectivity index (χ1v) is 7.00. The molecular weight excluding hydrogens is 262 g/mol. The molecule has 1 heterocycles. The Hall–Kier alpha value is -2.33. The zero-order valence-corrected chi connectivity index (χ0v) is 12.3. The van der Waals surface area contributed by atoms with E-state index in [1.807, 2.05) is 30.1 Å². The highest BCUT2D eigenvalue weighted by Gasteiger charge is 2.01. The van der Waals surface area contributed by atoms with Gasteiger partial charge in [0.25, 0.3) is 0 Å². The Balaban J connectivity index is 1.68. The summed E-state index contributed by atoms with van der Waals surface area (Å²) in [5.41, 5.74) is 1.27. The minimum Gasteiger partial charge on any atom is -0.497 e. The Kier molecular flexibility index (Phi) is 3.88. The third kappa shape index (κ3) is 3.06. The van der Waals surface area contributed by atoms with E-state index in [1.165, 1.54) is 16.3 Å². The molecule has 0 saturated heterocycles. The smallest absolute Gasteiger partial charge is 0.122 e. The maximum atomic E-state index is 5.25. The molecule has 108 valence electrons. The highest BCUT2D eigenvalue weighted by Crippen LogP contribution is 2.21. The fourth-order valence-electron chi connectivity index (χ4n) is 2.40. The van der Waals surface area contributed by atoms with Crippen LogP contribution in [-0.2, 0) is 20.1 Å². The van der Waals surface area contributed by atoms with Crippen LogP contribution in [0.15, 0.2) is 48.8 Å². The van der Waals surface area contributed by atoms with E-state index in [9.17, 15) is 0 Å². The third-order valence-corrected chi connectivity index (χ3v) is 3.65. The minimum absolute atomic E-state index is 0.768. The number of methoxy groups -OCH3 is 1. The summed E-state index contributed by atoms with van der Waals surface area (Å²) in [5, 5.41) is 5.85. The molecule has 1 aromatic heterocycles. The van der Waals surface area contributed by atoms with Gasteiger partial charge in [-0.2, -0.15) is 0 Å². The van der Waals surface area contributed by atoms with E-state index < -0.39 is 0 Å². The summed E-state index contributed by atoms with van der Waals surface area (Å²) < 4.78 is 7.28. The molecule has 0 fully saturated rings. The van der Waals surface area contributed by atoms with Crippen LogP contribution in [0.4, 0.5) is 0 Å². The lowest BCUT2D eigenvalue weighted by molar-refractivity contribution is 0.415. The first-order valence-electron chi connectivity index (χ1n) is 7.00. The largest absolute Gasteiger partial charge is 0.497 e. The maximum Gasteiger partial charge on any atom is 0.122 e. The van der Waals surface area contributed by atoms with E-state index >= 15 is 0 Å². The zero-order chi connectivity index (χ0) is 14.7. The number of ether oxygens (including phenoxy) is 1. The molecule has 0 saturated carbocycles. The number of fused-ring (bicyclic) bond motifs is 1. The predicted molar refractivity (Wildman–Crippen MR) is 84.3 cm³/mol. The fraction of sp³-hybridized carbons (Fsp3) is 0.235. The predicted octanol–water partition coefficient (Wildman–Crippen LogP) is 2.87. The Labute approximate surface area is 124 Å². The van der Waals surface area contributed by atoms with E-state index in [-0.39, 0.29) is 0 Å². The molecule has 0 radical (unpaired) electrons. The highest BCUT2D eigenvalue weighted by atomic mass is 16.5. The topological polar surface area (TPSA) is 39.1 Å². The van der Waals surface area contributed by atoms with Crippen molar-refractivity contribution in [2.45, 2.75) is 13.1 Å². The third-order valence-electron chi connectivity index (χ3n) is 3.65. The van der Waals surface area contributed by atoms with Crippen molar-refractivity contribution < 1.29 is 4.74 Å². The van der Waals surface area contributed by atoms with Crippen molar-refractivity contribution in [3.8, 4) is 5.75 Å². The maximum absolute atomic E-state index is 5.25. The van der Waals surface area contributed by atoms with Crippen molar-refractivity contribution in [3.05, 3.63) is 60.2 Å². The molecule has 0 unspecified atom stereocenters. The molecule has 0 atom stereocenters. The van der Waals surface area contributed by atoms with Crippen LogP contribution in [0.5, 0.6) is 5.75 Å². The van der Waals surface area contributed by atoms with Gasteiger partial charge in [-0.05, 0) is 34.5 Å².